The molecule has 2 rings (SSSR count). The van der Waals surface area contributed by atoms with E-state index in [1.165, 1.54) is 38.5 Å². The molecule has 0 spiro atoms. The third-order valence-corrected chi connectivity index (χ3v) is 3.14. The van der Waals surface area contributed by atoms with Crippen LogP contribution in [-0.2, 0) is 9.59 Å². The van der Waals surface area contributed by atoms with Gasteiger partial charge in [0, 0.05) is 11.6 Å². The van der Waals surface area contributed by atoms with E-state index >= 15 is 0 Å². The Morgan fingerprint density at radius 1 is 1.08 bits per heavy atom. The minimum absolute atomic E-state index is 0.181. The quantitative estimate of drug-likeness (QED) is 0.492. The average Bonchev–Trinajstić information content (AvgIpc) is 2.63. The van der Waals surface area contributed by atoms with Crippen LogP contribution in [0.3, 0.4) is 0 Å². The van der Waals surface area contributed by atoms with E-state index in [9.17, 15) is 14.0 Å². The summed E-state index contributed by atoms with van der Waals surface area (Å²) < 4.78 is 23.6. The van der Waals surface area contributed by atoms with Gasteiger partial charge in [-0.05, 0) is 18.2 Å². The lowest BCUT2D eigenvalue weighted by Gasteiger charge is -2.10. The fraction of sp³-hybridized carbons (Fsp3) is 0.118. The molecule has 2 aromatic carbocycles. The third kappa shape index (κ3) is 4.77. The number of carbonyl (C=O) groups is 2. The summed E-state index contributed by atoms with van der Waals surface area (Å²) in [4.78, 5) is 23.6. The van der Waals surface area contributed by atoms with Crippen LogP contribution in [0.2, 0.25) is 0 Å². The predicted octanol–water partition coefficient (Wildman–Crippen LogP) is 1.93. The highest BCUT2D eigenvalue weighted by molar-refractivity contribution is 6.39. The van der Waals surface area contributed by atoms with Crippen LogP contribution in [0.1, 0.15) is 5.56 Å². The fourth-order valence-electron chi connectivity index (χ4n) is 1.87. The Bertz CT molecular complexity index is 808. The first-order chi connectivity index (χ1) is 12.0. The van der Waals surface area contributed by atoms with Gasteiger partial charge in [-0.1, -0.05) is 18.2 Å². The maximum absolute atomic E-state index is 13.4. The number of carbonyl (C=O) groups excluding carboxylic acids is 2. The number of rotatable bonds is 5. The van der Waals surface area contributed by atoms with Crippen molar-refractivity contribution in [3.05, 3.63) is 53.8 Å². The molecule has 8 heteroatoms. The van der Waals surface area contributed by atoms with Crippen molar-refractivity contribution in [2.24, 2.45) is 5.10 Å². The zero-order valence-corrected chi connectivity index (χ0v) is 13.6. The summed E-state index contributed by atoms with van der Waals surface area (Å²) in [6.45, 7) is 0. The number of hydrazone groups is 1. The molecule has 0 aliphatic heterocycles. The maximum Gasteiger partial charge on any atom is 0.329 e. The number of amides is 2. The van der Waals surface area contributed by atoms with Crippen LogP contribution in [0, 0.1) is 5.82 Å². The van der Waals surface area contributed by atoms with E-state index in [0.29, 0.717) is 17.2 Å². The van der Waals surface area contributed by atoms with Crippen LogP contribution in [0.15, 0.2) is 47.6 Å². The summed E-state index contributed by atoms with van der Waals surface area (Å²) in [5.41, 5.74) is 2.50. The smallest absolute Gasteiger partial charge is 0.329 e. The van der Waals surface area contributed by atoms with Crippen molar-refractivity contribution in [2.45, 2.75) is 0 Å². The molecule has 0 aromatic heterocycles. The molecule has 7 nitrogen and oxygen atoms in total. The molecule has 0 bridgehead atoms. The first kappa shape index (κ1) is 17.9. The molecule has 0 aliphatic carbocycles. The summed E-state index contributed by atoms with van der Waals surface area (Å²) in [5.74, 6) is -1.59. The van der Waals surface area contributed by atoms with Crippen LogP contribution in [0.5, 0.6) is 11.5 Å². The average molecular weight is 345 g/mol. The molecule has 2 N–H and O–H groups in total. The molecule has 2 amide bonds. The van der Waals surface area contributed by atoms with Crippen molar-refractivity contribution in [1.29, 1.82) is 0 Å². The van der Waals surface area contributed by atoms with Gasteiger partial charge in [0.15, 0.2) is 0 Å². The van der Waals surface area contributed by atoms with E-state index in [-0.39, 0.29) is 5.56 Å². The van der Waals surface area contributed by atoms with Crippen molar-refractivity contribution in [2.75, 3.05) is 19.5 Å². The third-order valence-electron chi connectivity index (χ3n) is 3.14. The van der Waals surface area contributed by atoms with Crippen LogP contribution in [-0.4, -0.2) is 32.2 Å². The second-order valence-corrected chi connectivity index (χ2v) is 4.74. The number of nitrogens with one attached hydrogen (secondary N) is 2. The highest BCUT2D eigenvalue weighted by atomic mass is 19.1. The molecule has 0 saturated heterocycles. The normalized spacial score (nSPS) is 10.4. The molecule has 25 heavy (non-hydrogen) atoms. The Labute approximate surface area is 143 Å². The number of anilines is 1. The number of benzene rings is 2. The van der Waals surface area contributed by atoms with E-state index < -0.39 is 17.6 Å². The summed E-state index contributed by atoms with van der Waals surface area (Å²) in [5, 5.41) is 5.95. The van der Waals surface area contributed by atoms with Crippen molar-refractivity contribution in [1.82, 2.24) is 5.43 Å². The molecule has 130 valence electrons. The number of hydrogen-bond donors (Lipinski definition) is 2. The Hall–Kier alpha value is -3.42. The van der Waals surface area contributed by atoms with Gasteiger partial charge in [0.05, 0.1) is 26.1 Å². The minimum Gasteiger partial charge on any atom is -0.497 e. The van der Waals surface area contributed by atoms with Gasteiger partial charge in [0.25, 0.3) is 0 Å². The number of ether oxygens (including phenoxy) is 2. The van der Waals surface area contributed by atoms with Crippen LogP contribution < -0.4 is 20.2 Å². The lowest BCUT2D eigenvalue weighted by molar-refractivity contribution is -0.136. The predicted molar refractivity (Wildman–Crippen MR) is 90.3 cm³/mol. The van der Waals surface area contributed by atoms with Crippen molar-refractivity contribution < 1.29 is 23.5 Å². The standard InChI is InChI=1S/C17H16FN3O4/c1-24-12-7-8-14(15(9-12)25-2)20-16(22)17(23)21-19-10-11-5-3-4-6-13(11)18/h3-10H,1-2H3,(H,20,22)(H,21,23)/b19-10+. The molecule has 2 aromatic rings. The van der Waals surface area contributed by atoms with Gasteiger partial charge in [-0.3, -0.25) is 9.59 Å². The van der Waals surface area contributed by atoms with Gasteiger partial charge in [0.1, 0.15) is 17.3 Å². The van der Waals surface area contributed by atoms with Gasteiger partial charge in [0.2, 0.25) is 0 Å². The van der Waals surface area contributed by atoms with Gasteiger partial charge in [-0.25, -0.2) is 9.82 Å². The highest BCUT2D eigenvalue weighted by Gasteiger charge is 2.15. The van der Waals surface area contributed by atoms with Crippen LogP contribution in [0.25, 0.3) is 0 Å². The van der Waals surface area contributed by atoms with E-state index in [1.807, 2.05) is 5.43 Å². The molecule has 0 fully saturated rings. The number of halogens is 1. The van der Waals surface area contributed by atoms with Crippen molar-refractivity contribution >= 4 is 23.7 Å². The molecule has 0 heterocycles. The summed E-state index contributed by atoms with van der Waals surface area (Å²) in [6, 6.07) is 10.6. The summed E-state index contributed by atoms with van der Waals surface area (Å²) in [6.07, 6.45) is 1.11. The second-order valence-electron chi connectivity index (χ2n) is 4.74. The van der Waals surface area contributed by atoms with Crippen molar-refractivity contribution in [3.63, 3.8) is 0 Å². The van der Waals surface area contributed by atoms with Crippen molar-refractivity contribution in [3.8, 4) is 11.5 Å². The van der Waals surface area contributed by atoms with Gasteiger partial charge < -0.3 is 14.8 Å². The first-order valence-electron chi connectivity index (χ1n) is 7.16. The zero-order chi connectivity index (χ0) is 18.2. The minimum atomic E-state index is -1.01. The van der Waals surface area contributed by atoms with Crippen LogP contribution >= 0.6 is 0 Å². The van der Waals surface area contributed by atoms with E-state index in [0.717, 1.165) is 6.21 Å². The van der Waals surface area contributed by atoms with Gasteiger partial charge in [-0.2, -0.15) is 5.10 Å². The molecule has 0 aliphatic rings. The molecule has 0 radical (unpaired) electrons. The van der Waals surface area contributed by atoms with E-state index in [4.69, 9.17) is 9.47 Å². The molecular formula is C17H16FN3O4. The fourth-order valence-corrected chi connectivity index (χ4v) is 1.87. The summed E-state index contributed by atoms with van der Waals surface area (Å²) >= 11 is 0. The van der Waals surface area contributed by atoms with E-state index in [2.05, 4.69) is 10.4 Å². The monoisotopic (exact) mass is 345 g/mol. The molecule has 0 atom stereocenters. The number of methoxy groups -OCH3 is 2. The highest BCUT2D eigenvalue weighted by Crippen LogP contribution is 2.28. The van der Waals surface area contributed by atoms with Gasteiger partial charge >= 0.3 is 11.8 Å². The lowest BCUT2D eigenvalue weighted by Crippen LogP contribution is -2.32. The summed E-state index contributed by atoms with van der Waals surface area (Å²) in [7, 11) is 2.91. The SMILES string of the molecule is COc1ccc(NC(=O)C(=O)N/N=C/c2ccccc2F)c(OC)c1. The molecule has 0 saturated carbocycles. The Morgan fingerprint density at radius 2 is 1.84 bits per heavy atom. The van der Waals surface area contributed by atoms with E-state index in [1.54, 1.807) is 18.2 Å². The Kier molecular flexibility index (Phi) is 6.05. The lowest BCUT2D eigenvalue weighted by atomic mass is 10.2. The maximum atomic E-state index is 13.4. The van der Waals surface area contributed by atoms with Crippen LogP contribution in [0.4, 0.5) is 10.1 Å². The van der Waals surface area contributed by atoms with Gasteiger partial charge in [-0.15, -0.1) is 0 Å². The Morgan fingerprint density at radius 3 is 2.52 bits per heavy atom. The zero-order valence-electron chi connectivity index (χ0n) is 13.6. The first-order valence-corrected chi connectivity index (χ1v) is 7.16. The Balaban J connectivity index is 1.99. The largest absolute Gasteiger partial charge is 0.497 e. The number of nitrogens with zero attached hydrogens (tertiary/aromatic N) is 1. The molecule has 0 unspecified atom stereocenters. The second kappa shape index (κ2) is 8.44. The topological polar surface area (TPSA) is 89.0 Å². The number of hydrogen-bond acceptors (Lipinski definition) is 5. The molecular weight excluding hydrogens is 329 g/mol.